The Hall–Kier alpha value is -8.20. The van der Waals surface area contributed by atoms with E-state index < -0.39 is 0 Å². The van der Waals surface area contributed by atoms with Crippen LogP contribution in [0.2, 0.25) is 0 Å². The van der Waals surface area contributed by atoms with E-state index in [-0.39, 0.29) is 0 Å². The zero-order chi connectivity index (χ0) is 45.0. The van der Waals surface area contributed by atoms with Crippen LogP contribution in [0.1, 0.15) is 22.3 Å². The maximum Gasteiger partial charge on any atom is 0.0491 e. The Balaban J connectivity index is 0.959. The second kappa shape index (κ2) is 18.5. The number of aryl methyl sites for hydroxylation is 4. The van der Waals surface area contributed by atoms with Crippen LogP contribution in [0.15, 0.2) is 243 Å². The monoisotopic (exact) mass is 848 g/mol. The van der Waals surface area contributed by atoms with Gasteiger partial charge in [-0.1, -0.05) is 170 Å². The highest BCUT2D eigenvalue weighted by atomic mass is 15.2. The third-order valence-electron chi connectivity index (χ3n) is 12.8. The molecule has 0 unspecified atom stereocenters. The molecule has 0 aromatic heterocycles. The largest absolute Gasteiger partial charge is 0.310 e. The molecule has 0 amide bonds. The molecule has 0 fully saturated rings. The van der Waals surface area contributed by atoms with E-state index in [4.69, 9.17) is 0 Å². The first-order chi connectivity index (χ1) is 32.4. The van der Waals surface area contributed by atoms with Gasteiger partial charge in [0.1, 0.15) is 0 Å². The lowest BCUT2D eigenvalue weighted by Gasteiger charge is -2.29. The Labute approximate surface area is 390 Å². The number of rotatable bonds is 11. The van der Waals surface area contributed by atoms with Crippen molar-refractivity contribution in [2.75, 3.05) is 9.80 Å². The van der Waals surface area contributed by atoms with E-state index in [0.29, 0.717) is 0 Å². The average Bonchev–Trinajstić information content (AvgIpc) is 3.37. The Morgan fingerprint density at radius 1 is 0.197 bits per heavy atom. The molecule has 10 aromatic carbocycles. The van der Waals surface area contributed by atoms with Gasteiger partial charge in [0.15, 0.2) is 0 Å². The van der Waals surface area contributed by atoms with E-state index >= 15 is 0 Å². The van der Waals surface area contributed by atoms with Gasteiger partial charge in [-0.05, 0) is 178 Å². The molecule has 0 bridgehead atoms. The zero-order valence-electron chi connectivity index (χ0n) is 38.0. The summed E-state index contributed by atoms with van der Waals surface area (Å²) in [5, 5.41) is 0. The third-order valence-corrected chi connectivity index (χ3v) is 12.8. The molecule has 0 aliphatic rings. The second-order valence-electron chi connectivity index (χ2n) is 17.2. The fourth-order valence-electron chi connectivity index (χ4n) is 9.24. The topological polar surface area (TPSA) is 6.48 Å². The van der Waals surface area contributed by atoms with Gasteiger partial charge in [-0.15, -0.1) is 0 Å². The highest BCUT2D eigenvalue weighted by molar-refractivity contribution is 5.86. The van der Waals surface area contributed by atoms with Crippen LogP contribution in [-0.2, 0) is 0 Å². The molecule has 0 saturated heterocycles. The zero-order valence-corrected chi connectivity index (χ0v) is 38.0. The molecule has 2 heteroatoms. The summed E-state index contributed by atoms with van der Waals surface area (Å²) >= 11 is 0. The lowest BCUT2D eigenvalue weighted by Crippen LogP contribution is -2.13. The SMILES string of the molecule is Cc1ccccc1N(c1ccc(-c2cccc(-c3ccccc3)c2)cc1)c1ccc(-c2ccc(N(c3ccc(-c4cccc(-c5ccccc5)c4)cc3)c3ccccc3C)c(C)c2)cc1C. The van der Waals surface area contributed by atoms with Crippen molar-refractivity contribution >= 4 is 34.1 Å². The molecule has 10 rings (SSSR count). The number of benzene rings is 10. The minimum Gasteiger partial charge on any atom is -0.310 e. The van der Waals surface area contributed by atoms with Crippen molar-refractivity contribution in [3.63, 3.8) is 0 Å². The number of hydrogen-bond acceptors (Lipinski definition) is 2. The first-order valence-corrected chi connectivity index (χ1v) is 22.8. The molecule has 0 saturated carbocycles. The smallest absolute Gasteiger partial charge is 0.0491 e. The number of anilines is 6. The summed E-state index contributed by atoms with van der Waals surface area (Å²) in [6, 6.07) is 87.9. The van der Waals surface area contributed by atoms with Crippen molar-refractivity contribution in [2.24, 2.45) is 0 Å². The van der Waals surface area contributed by atoms with Crippen LogP contribution in [-0.4, -0.2) is 0 Å². The first-order valence-electron chi connectivity index (χ1n) is 22.8. The van der Waals surface area contributed by atoms with Crippen LogP contribution >= 0.6 is 0 Å². The van der Waals surface area contributed by atoms with Crippen LogP contribution in [0.4, 0.5) is 34.1 Å². The fourth-order valence-corrected chi connectivity index (χ4v) is 9.24. The summed E-state index contributed by atoms with van der Waals surface area (Å²) in [6.45, 7) is 8.85. The van der Waals surface area contributed by atoms with Crippen LogP contribution < -0.4 is 9.80 Å². The van der Waals surface area contributed by atoms with Crippen molar-refractivity contribution in [3.8, 4) is 55.6 Å². The summed E-state index contributed by atoms with van der Waals surface area (Å²) in [7, 11) is 0. The second-order valence-corrected chi connectivity index (χ2v) is 17.2. The van der Waals surface area contributed by atoms with E-state index in [2.05, 4.69) is 280 Å². The third kappa shape index (κ3) is 8.57. The van der Waals surface area contributed by atoms with Crippen LogP contribution in [0.25, 0.3) is 55.6 Å². The lowest BCUT2D eigenvalue weighted by molar-refractivity contribution is 1.22. The van der Waals surface area contributed by atoms with Crippen LogP contribution in [0.3, 0.4) is 0 Å². The molecule has 0 N–H and O–H groups in total. The van der Waals surface area contributed by atoms with E-state index in [9.17, 15) is 0 Å². The van der Waals surface area contributed by atoms with Crippen molar-refractivity contribution in [3.05, 3.63) is 265 Å². The van der Waals surface area contributed by atoms with Gasteiger partial charge in [0, 0.05) is 34.1 Å². The van der Waals surface area contributed by atoms with Gasteiger partial charge in [0.05, 0.1) is 0 Å². The maximum absolute atomic E-state index is 2.40. The molecular formula is C64H52N2. The predicted molar refractivity (Wildman–Crippen MR) is 282 cm³/mol. The van der Waals surface area contributed by atoms with Gasteiger partial charge >= 0.3 is 0 Å². The Morgan fingerprint density at radius 2 is 0.470 bits per heavy atom. The predicted octanol–water partition coefficient (Wildman–Crippen LogP) is 18.2. The van der Waals surface area contributed by atoms with E-state index in [1.54, 1.807) is 0 Å². The molecule has 10 aromatic rings. The molecule has 0 aliphatic carbocycles. The van der Waals surface area contributed by atoms with Gasteiger partial charge in [0.2, 0.25) is 0 Å². The normalized spacial score (nSPS) is 11.0. The molecule has 318 valence electrons. The van der Waals surface area contributed by atoms with E-state index in [1.165, 1.54) is 77.9 Å². The van der Waals surface area contributed by atoms with Crippen molar-refractivity contribution < 1.29 is 0 Å². The van der Waals surface area contributed by atoms with Crippen molar-refractivity contribution in [2.45, 2.75) is 27.7 Å². The summed E-state index contributed by atoms with van der Waals surface area (Å²) in [5.74, 6) is 0. The van der Waals surface area contributed by atoms with Crippen LogP contribution in [0.5, 0.6) is 0 Å². The summed E-state index contributed by atoms with van der Waals surface area (Å²) in [6.07, 6.45) is 0. The van der Waals surface area contributed by atoms with Gasteiger partial charge in [-0.25, -0.2) is 0 Å². The number of para-hydroxylation sites is 2. The van der Waals surface area contributed by atoms with Crippen molar-refractivity contribution in [1.29, 1.82) is 0 Å². The number of nitrogens with zero attached hydrogens (tertiary/aromatic N) is 2. The van der Waals surface area contributed by atoms with Gasteiger partial charge in [-0.3, -0.25) is 0 Å². The van der Waals surface area contributed by atoms with E-state index in [1.807, 2.05) is 0 Å². The summed E-state index contributed by atoms with van der Waals surface area (Å²) in [5.41, 5.74) is 23.8. The van der Waals surface area contributed by atoms with Crippen LogP contribution in [0, 0.1) is 27.7 Å². The Morgan fingerprint density at radius 3 is 0.818 bits per heavy atom. The van der Waals surface area contributed by atoms with Crippen molar-refractivity contribution in [1.82, 2.24) is 0 Å². The molecular weight excluding hydrogens is 797 g/mol. The molecule has 2 nitrogen and oxygen atoms in total. The summed E-state index contributed by atoms with van der Waals surface area (Å²) in [4.78, 5) is 4.80. The quantitative estimate of drug-likeness (QED) is 0.128. The molecule has 0 heterocycles. The highest BCUT2D eigenvalue weighted by Gasteiger charge is 2.20. The molecule has 66 heavy (non-hydrogen) atoms. The highest BCUT2D eigenvalue weighted by Crippen LogP contribution is 2.43. The molecule has 0 aliphatic heterocycles. The standard InChI is InChI=1S/C64H52N2/c1-45-17-11-13-27-61(45)65(59-35-29-51(30-36-59)55-25-15-23-53(43-55)49-19-7-5-8-20-49)63-39-33-57(41-47(63)3)58-34-40-64(48(4)42-58)66(62-28-14-12-18-46(62)2)60-37-31-52(32-38-60)56-26-16-24-54(44-56)50-21-9-6-10-22-50/h5-44H,1-4H3. The van der Waals surface area contributed by atoms with Gasteiger partial charge in [0.25, 0.3) is 0 Å². The molecule has 0 atom stereocenters. The number of hydrogen-bond donors (Lipinski definition) is 0. The fraction of sp³-hybridized carbons (Fsp3) is 0.0625. The lowest BCUT2D eigenvalue weighted by atomic mass is 9.97. The maximum atomic E-state index is 2.40. The molecule has 0 spiro atoms. The Bertz CT molecular complexity index is 3050. The minimum atomic E-state index is 1.12. The van der Waals surface area contributed by atoms with E-state index in [0.717, 1.165) is 34.1 Å². The van der Waals surface area contributed by atoms with Gasteiger partial charge in [-0.2, -0.15) is 0 Å². The minimum absolute atomic E-state index is 1.12. The van der Waals surface area contributed by atoms with Gasteiger partial charge < -0.3 is 9.80 Å². The first kappa shape index (κ1) is 41.8. The molecule has 0 radical (unpaired) electrons. The Kier molecular flexibility index (Phi) is 11.7. The average molecular weight is 849 g/mol. The summed E-state index contributed by atoms with van der Waals surface area (Å²) < 4.78 is 0.